The highest BCUT2D eigenvalue weighted by Gasteiger charge is 2.19. The molecule has 4 N–H and O–H groups in total. The first-order valence-corrected chi connectivity index (χ1v) is 7.75. The molecule has 0 atom stereocenters. The van der Waals surface area contributed by atoms with Crippen molar-refractivity contribution in [3.63, 3.8) is 0 Å². The van der Waals surface area contributed by atoms with Gasteiger partial charge in [0.05, 0.1) is 11.6 Å². The molecular formula is C17H12FN7O3. The number of nitrogens with one attached hydrogen (secondary N) is 3. The number of carbonyl (C=O) groups excluding carboxylic acids is 1. The second-order valence-corrected chi connectivity index (χ2v) is 5.31. The molecule has 0 fully saturated rings. The van der Waals surface area contributed by atoms with Crippen LogP contribution in [-0.2, 0) is 0 Å². The summed E-state index contributed by atoms with van der Waals surface area (Å²) in [6.45, 7) is 0. The maximum Gasteiger partial charge on any atom is 0.325 e. The van der Waals surface area contributed by atoms with Crippen LogP contribution in [0.2, 0.25) is 0 Å². The van der Waals surface area contributed by atoms with E-state index in [9.17, 15) is 14.4 Å². The van der Waals surface area contributed by atoms with Gasteiger partial charge >= 0.3 is 6.03 Å². The van der Waals surface area contributed by atoms with Gasteiger partial charge < -0.3 is 15.8 Å². The normalized spacial score (nSPS) is 10.8. The molecule has 11 heteroatoms. The number of amidine groups is 1. The van der Waals surface area contributed by atoms with Gasteiger partial charge in [0, 0.05) is 11.4 Å². The molecular weight excluding hydrogens is 369 g/mol. The van der Waals surface area contributed by atoms with Crippen LogP contribution in [0, 0.1) is 17.1 Å². The number of hydrogen-bond donors (Lipinski definition) is 4. The van der Waals surface area contributed by atoms with Crippen LogP contribution in [-0.4, -0.2) is 27.4 Å². The summed E-state index contributed by atoms with van der Waals surface area (Å²) >= 11 is 0. The minimum Gasteiger partial charge on any atom is -0.409 e. The average Bonchev–Trinajstić information content (AvgIpc) is 3.16. The molecule has 0 spiro atoms. The van der Waals surface area contributed by atoms with Crippen molar-refractivity contribution in [1.82, 2.24) is 10.3 Å². The molecule has 0 unspecified atom stereocenters. The molecule has 0 aliphatic carbocycles. The number of amides is 2. The van der Waals surface area contributed by atoms with Gasteiger partial charge in [0.15, 0.2) is 5.69 Å². The zero-order valence-corrected chi connectivity index (χ0v) is 14.0. The average molecular weight is 381 g/mol. The molecule has 0 saturated carbocycles. The van der Waals surface area contributed by atoms with Crippen molar-refractivity contribution < 1.29 is 19.0 Å². The fraction of sp³-hybridized carbons (Fsp3) is 0. The van der Waals surface area contributed by atoms with Crippen molar-refractivity contribution in [3.8, 4) is 6.07 Å². The molecule has 140 valence electrons. The van der Waals surface area contributed by atoms with Crippen molar-refractivity contribution >= 4 is 29.1 Å². The molecule has 3 aromatic rings. The van der Waals surface area contributed by atoms with Crippen molar-refractivity contribution in [2.45, 2.75) is 0 Å². The number of carbonyl (C=O) groups is 1. The van der Waals surface area contributed by atoms with Gasteiger partial charge in [-0.15, -0.1) is 0 Å². The Hall–Kier alpha value is -4.46. The number of hydrogen-bond acceptors (Lipinski definition) is 7. The smallest absolute Gasteiger partial charge is 0.325 e. The van der Waals surface area contributed by atoms with E-state index in [0.717, 1.165) is 0 Å². The lowest BCUT2D eigenvalue weighted by Gasteiger charge is -2.08. The van der Waals surface area contributed by atoms with Gasteiger partial charge in [-0.2, -0.15) is 5.26 Å². The van der Waals surface area contributed by atoms with Crippen molar-refractivity contribution in [2.75, 3.05) is 16.0 Å². The lowest BCUT2D eigenvalue weighted by molar-refractivity contribution is 0.261. The van der Waals surface area contributed by atoms with E-state index in [-0.39, 0.29) is 17.3 Å². The molecule has 1 heterocycles. The van der Waals surface area contributed by atoms with Crippen LogP contribution in [0.5, 0.6) is 0 Å². The van der Waals surface area contributed by atoms with E-state index in [1.807, 2.05) is 6.07 Å². The molecule has 0 aliphatic heterocycles. The second-order valence-electron chi connectivity index (χ2n) is 5.31. The quantitative estimate of drug-likeness (QED) is 0.235. The Bertz CT molecular complexity index is 1040. The highest BCUT2D eigenvalue weighted by Crippen LogP contribution is 2.16. The number of rotatable bonds is 4. The minimum atomic E-state index is -0.666. The maximum absolute atomic E-state index is 13.0. The number of oxime groups is 1. The van der Waals surface area contributed by atoms with E-state index < -0.39 is 11.8 Å². The van der Waals surface area contributed by atoms with Crippen molar-refractivity contribution in [3.05, 3.63) is 65.6 Å². The van der Waals surface area contributed by atoms with E-state index in [0.29, 0.717) is 16.9 Å². The number of urea groups is 1. The first-order chi connectivity index (χ1) is 13.6. The van der Waals surface area contributed by atoms with Crippen LogP contribution < -0.4 is 16.0 Å². The first kappa shape index (κ1) is 18.3. The Labute approximate surface area is 157 Å². The Balaban J connectivity index is 1.70. The molecule has 1 aromatic heterocycles. The number of nitriles is 1. The van der Waals surface area contributed by atoms with Gasteiger partial charge in [-0.1, -0.05) is 5.16 Å². The molecule has 0 radical (unpaired) electrons. The lowest BCUT2D eigenvalue weighted by atomic mass is 10.2. The predicted molar refractivity (Wildman–Crippen MR) is 96.4 cm³/mol. The van der Waals surface area contributed by atoms with E-state index in [4.69, 9.17) is 5.26 Å². The van der Waals surface area contributed by atoms with E-state index in [1.54, 1.807) is 24.3 Å². The molecule has 2 amide bonds. The van der Waals surface area contributed by atoms with Gasteiger partial charge in [0.2, 0.25) is 11.7 Å². The van der Waals surface area contributed by atoms with Gasteiger partial charge in [0.1, 0.15) is 5.82 Å². The summed E-state index contributed by atoms with van der Waals surface area (Å²) in [6, 6.07) is 12.7. The lowest BCUT2D eigenvalue weighted by Crippen LogP contribution is -2.23. The molecule has 2 aromatic carbocycles. The van der Waals surface area contributed by atoms with Crippen LogP contribution in [0.3, 0.4) is 0 Å². The van der Waals surface area contributed by atoms with Crippen LogP contribution in [0.4, 0.5) is 26.4 Å². The van der Waals surface area contributed by atoms with Crippen molar-refractivity contribution in [1.29, 1.82) is 5.26 Å². The summed E-state index contributed by atoms with van der Waals surface area (Å²) in [5, 5.41) is 35.9. The van der Waals surface area contributed by atoms with Gasteiger partial charge in [-0.3, -0.25) is 5.32 Å². The SMILES string of the molecule is N#Cc1ccc(NC(=O)Nc2nonc2/C(=N/O)Nc2ccc(F)cc2)cc1. The summed E-state index contributed by atoms with van der Waals surface area (Å²) < 4.78 is 17.6. The highest BCUT2D eigenvalue weighted by atomic mass is 19.1. The standard InChI is InChI=1S/C17H12FN7O3/c18-11-3-7-12(8-4-11)20-15(23-27)14-16(25-28-24-14)22-17(26)21-13-5-1-10(9-19)2-6-13/h1-8,27H,(H,20,23)(H2,21,22,25,26). The molecule has 0 saturated heterocycles. The van der Waals surface area contributed by atoms with E-state index >= 15 is 0 Å². The summed E-state index contributed by atoms with van der Waals surface area (Å²) in [5.41, 5.74) is 1.21. The Morgan fingerprint density at radius 2 is 1.68 bits per heavy atom. The summed E-state index contributed by atoms with van der Waals surface area (Å²) in [4.78, 5) is 12.1. The Kier molecular flexibility index (Phi) is 5.42. The molecule has 0 aliphatic rings. The Morgan fingerprint density at radius 1 is 1.04 bits per heavy atom. The minimum absolute atomic E-state index is 0.0817. The van der Waals surface area contributed by atoms with E-state index in [1.165, 1.54) is 24.3 Å². The number of nitrogens with zero attached hydrogens (tertiary/aromatic N) is 4. The van der Waals surface area contributed by atoms with Crippen LogP contribution >= 0.6 is 0 Å². The summed E-state index contributed by atoms with van der Waals surface area (Å²) in [6.07, 6.45) is 0. The first-order valence-electron chi connectivity index (χ1n) is 7.75. The predicted octanol–water partition coefficient (Wildman–Crippen LogP) is 2.97. The summed E-state index contributed by atoms with van der Waals surface area (Å²) in [7, 11) is 0. The molecule has 0 bridgehead atoms. The fourth-order valence-corrected chi connectivity index (χ4v) is 2.13. The fourth-order valence-electron chi connectivity index (χ4n) is 2.13. The zero-order valence-electron chi connectivity index (χ0n) is 14.0. The van der Waals surface area contributed by atoms with Crippen LogP contribution in [0.25, 0.3) is 0 Å². The number of benzene rings is 2. The van der Waals surface area contributed by atoms with E-state index in [2.05, 4.69) is 36.0 Å². The second kappa shape index (κ2) is 8.28. The van der Waals surface area contributed by atoms with Gasteiger partial charge in [-0.05, 0) is 58.8 Å². The number of aromatic nitrogens is 2. The maximum atomic E-state index is 13.0. The largest absolute Gasteiger partial charge is 0.409 e. The third-order valence-electron chi connectivity index (χ3n) is 3.42. The highest BCUT2D eigenvalue weighted by molar-refractivity contribution is 6.11. The zero-order chi connectivity index (χ0) is 19.9. The van der Waals surface area contributed by atoms with Crippen molar-refractivity contribution in [2.24, 2.45) is 5.16 Å². The monoisotopic (exact) mass is 381 g/mol. The summed E-state index contributed by atoms with van der Waals surface area (Å²) in [5.74, 6) is -0.729. The number of anilines is 3. The molecule has 3 rings (SSSR count). The van der Waals surface area contributed by atoms with Gasteiger partial charge in [-0.25, -0.2) is 13.8 Å². The topological polar surface area (TPSA) is 148 Å². The molecule has 28 heavy (non-hydrogen) atoms. The number of halogens is 1. The Morgan fingerprint density at radius 3 is 2.32 bits per heavy atom. The van der Waals surface area contributed by atoms with Crippen LogP contribution in [0.1, 0.15) is 11.3 Å². The molecule has 10 nitrogen and oxygen atoms in total. The third-order valence-corrected chi connectivity index (χ3v) is 3.42. The van der Waals surface area contributed by atoms with Gasteiger partial charge in [0.25, 0.3) is 0 Å². The third kappa shape index (κ3) is 4.38. The van der Waals surface area contributed by atoms with Crippen LogP contribution in [0.15, 0.2) is 58.3 Å².